The lowest BCUT2D eigenvalue weighted by Crippen LogP contribution is -2.34. The van der Waals surface area contributed by atoms with Crippen LogP contribution in [0.3, 0.4) is 0 Å². The Bertz CT molecular complexity index is 527. The number of amides is 1. The molecule has 2 unspecified atom stereocenters. The van der Waals surface area contributed by atoms with Crippen LogP contribution in [0.1, 0.15) is 50.0 Å². The molecule has 1 aromatic carbocycles. The first-order valence-corrected chi connectivity index (χ1v) is 7.64. The second-order valence-electron chi connectivity index (χ2n) is 6.72. The molecule has 6 heteroatoms. The molecule has 0 heterocycles. The van der Waals surface area contributed by atoms with Crippen LogP contribution in [0.4, 0.5) is 4.79 Å². The average molecular weight is 325 g/mol. The third-order valence-electron chi connectivity index (χ3n) is 3.35. The van der Waals surface area contributed by atoms with Crippen molar-refractivity contribution in [3.63, 3.8) is 0 Å². The first-order chi connectivity index (χ1) is 10.5. The van der Waals surface area contributed by atoms with Crippen LogP contribution < -0.4 is 5.32 Å². The number of ether oxygens (including phenoxy) is 1. The lowest BCUT2D eigenvalue weighted by Gasteiger charge is -2.23. The Morgan fingerprint density at radius 3 is 2.22 bits per heavy atom. The number of carbonyl (C=O) groups is 1. The van der Waals surface area contributed by atoms with E-state index in [2.05, 4.69) is 5.32 Å². The molecule has 6 nitrogen and oxygen atoms in total. The zero-order chi connectivity index (χ0) is 17.8. The quantitative estimate of drug-likeness (QED) is 0.666. The van der Waals surface area contributed by atoms with Gasteiger partial charge in [-0.3, -0.25) is 0 Å². The summed E-state index contributed by atoms with van der Waals surface area (Å²) in [6.07, 6.45) is -2.50. The minimum atomic E-state index is -1.09. The highest BCUT2D eigenvalue weighted by atomic mass is 16.6. The number of aromatic hydroxyl groups is 1. The van der Waals surface area contributed by atoms with E-state index >= 15 is 0 Å². The van der Waals surface area contributed by atoms with Crippen molar-refractivity contribution < 1.29 is 24.9 Å². The molecular weight excluding hydrogens is 298 g/mol. The Kier molecular flexibility index (Phi) is 6.41. The number of hydrogen-bond donors (Lipinski definition) is 4. The summed E-state index contributed by atoms with van der Waals surface area (Å²) in [6, 6.07) is 3.08. The van der Waals surface area contributed by atoms with Crippen molar-refractivity contribution in [3.05, 3.63) is 28.8 Å². The number of carbonyl (C=O) groups excluding carboxylic acids is 1. The fourth-order valence-electron chi connectivity index (χ4n) is 2.40. The van der Waals surface area contributed by atoms with E-state index in [0.717, 1.165) is 0 Å². The highest BCUT2D eigenvalue weighted by molar-refractivity contribution is 5.67. The van der Waals surface area contributed by atoms with Crippen molar-refractivity contribution in [1.82, 2.24) is 5.32 Å². The summed E-state index contributed by atoms with van der Waals surface area (Å²) in [7, 11) is 0. The summed E-state index contributed by atoms with van der Waals surface area (Å²) < 4.78 is 5.09. The zero-order valence-corrected chi connectivity index (χ0v) is 14.4. The van der Waals surface area contributed by atoms with E-state index in [9.17, 15) is 20.1 Å². The maximum absolute atomic E-state index is 11.5. The number of hydrogen-bond acceptors (Lipinski definition) is 5. The third-order valence-corrected chi connectivity index (χ3v) is 3.35. The summed E-state index contributed by atoms with van der Waals surface area (Å²) in [6.45, 7) is 9.00. The van der Waals surface area contributed by atoms with Gasteiger partial charge in [0.2, 0.25) is 0 Å². The molecule has 0 aliphatic carbocycles. The van der Waals surface area contributed by atoms with Gasteiger partial charge >= 0.3 is 6.09 Å². The van der Waals surface area contributed by atoms with Gasteiger partial charge in [0.15, 0.2) is 0 Å². The van der Waals surface area contributed by atoms with Crippen LogP contribution in [0.2, 0.25) is 0 Å². The highest BCUT2D eigenvalue weighted by Crippen LogP contribution is 2.29. The topological polar surface area (TPSA) is 99.0 Å². The Hall–Kier alpha value is -1.79. The molecule has 0 aliphatic heterocycles. The molecule has 0 aliphatic rings. The van der Waals surface area contributed by atoms with Crippen molar-refractivity contribution in [1.29, 1.82) is 0 Å². The maximum Gasteiger partial charge on any atom is 0.407 e. The number of aliphatic hydroxyl groups excluding tert-OH is 2. The van der Waals surface area contributed by atoms with Crippen LogP contribution >= 0.6 is 0 Å². The van der Waals surface area contributed by atoms with Crippen LogP contribution in [-0.4, -0.2) is 39.7 Å². The van der Waals surface area contributed by atoms with E-state index < -0.39 is 23.9 Å². The summed E-state index contributed by atoms with van der Waals surface area (Å²) in [5.74, 6) is 0.122. The Labute approximate surface area is 137 Å². The number of aliphatic hydroxyl groups is 2. The van der Waals surface area contributed by atoms with Crippen LogP contribution in [0.25, 0.3) is 0 Å². The summed E-state index contributed by atoms with van der Waals surface area (Å²) in [5, 5.41) is 32.5. The van der Waals surface area contributed by atoms with Crippen LogP contribution in [-0.2, 0) is 4.74 Å². The minimum absolute atomic E-state index is 0.122. The molecule has 4 N–H and O–H groups in total. The first kappa shape index (κ1) is 19.3. The molecule has 23 heavy (non-hydrogen) atoms. The normalized spacial score (nSPS) is 14.2. The van der Waals surface area contributed by atoms with Crippen molar-refractivity contribution in [2.24, 2.45) is 0 Å². The van der Waals surface area contributed by atoms with E-state index in [0.29, 0.717) is 16.7 Å². The predicted molar refractivity (Wildman–Crippen MR) is 87.4 cm³/mol. The number of nitrogens with one attached hydrogen (secondary N) is 1. The molecule has 0 radical (unpaired) electrons. The summed E-state index contributed by atoms with van der Waals surface area (Å²) >= 11 is 0. The molecule has 0 aromatic heterocycles. The molecule has 130 valence electrons. The van der Waals surface area contributed by atoms with Crippen molar-refractivity contribution in [2.45, 2.75) is 58.8 Å². The van der Waals surface area contributed by atoms with Crippen molar-refractivity contribution >= 4 is 6.09 Å². The van der Waals surface area contributed by atoms with Crippen LogP contribution in [0.15, 0.2) is 12.1 Å². The summed E-state index contributed by atoms with van der Waals surface area (Å²) in [5.41, 5.74) is 1.42. The van der Waals surface area contributed by atoms with Crippen molar-refractivity contribution in [2.75, 3.05) is 6.54 Å². The molecule has 0 saturated heterocycles. The van der Waals surface area contributed by atoms with E-state index in [1.165, 1.54) is 12.1 Å². The molecule has 1 amide bonds. The van der Waals surface area contributed by atoms with Gasteiger partial charge in [0, 0.05) is 6.54 Å². The van der Waals surface area contributed by atoms with Gasteiger partial charge in [0.1, 0.15) is 17.5 Å². The minimum Gasteiger partial charge on any atom is -0.508 e. The van der Waals surface area contributed by atoms with Gasteiger partial charge in [-0.1, -0.05) is 0 Å². The Balaban J connectivity index is 2.59. The van der Waals surface area contributed by atoms with E-state index in [1.54, 1.807) is 34.6 Å². The first-order valence-electron chi connectivity index (χ1n) is 7.64. The molecule has 2 atom stereocenters. The fourth-order valence-corrected chi connectivity index (χ4v) is 2.40. The average Bonchev–Trinajstić information content (AvgIpc) is 2.34. The third kappa shape index (κ3) is 6.08. The SMILES string of the molecule is Cc1cc(O)cc(C)c1C(O)C(O)CCNC(=O)OC(C)(C)C. The largest absolute Gasteiger partial charge is 0.508 e. The standard InChI is InChI=1S/C17H27NO5/c1-10-8-12(19)9-11(2)14(10)15(21)13(20)6-7-18-16(22)23-17(3,4)5/h8-9,13,15,19-21H,6-7H2,1-5H3,(H,18,22). The monoisotopic (exact) mass is 325 g/mol. The van der Waals surface area contributed by atoms with Crippen LogP contribution in [0.5, 0.6) is 5.75 Å². The number of rotatable bonds is 5. The van der Waals surface area contributed by atoms with Gasteiger partial charge in [0.25, 0.3) is 0 Å². The second kappa shape index (κ2) is 7.66. The molecule has 1 rings (SSSR count). The lowest BCUT2D eigenvalue weighted by molar-refractivity contribution is 0.0116. The number of benzene rings is 1. The highest BCUT2D eigenvalue weighted by Gasteiger charge is 2.23. The van der Waals surface area contributed by atoms with Gasteiger partial charge < -0.3 is 25.4 Å². The molecule has 1 aromatic rings. The second-order valence-corrected chi connectivity index (χ2v) is 6.72. The van der Waals surface area contributed by atoms with E-state index in [4.69, 9.17) is 4.74 Å². The van der Waals surface area contributed by atoms with Gasteiger partial charge in [-0.05, 0) is 69.9 Å². The number of aryl methyl sites for hydroxylation is 2. The van der Waals surface area contributed by atoms with Crippen LogP contribution in [0, 0.1) is 13.8 Å². The molecule has 0 fully saturated rings. The molecule has 0 saturated carbocycles. The molecule has 0 bridgehead atoms. The number of phenols is 1. The molecular formula is C17H27NO5. The smallest absolute Gasteiger partial charge is 0.407 e. The molecule has 0 spiro atoms. The van der Waals surface area contributed by atoms with Gasteiger partial charge in [-0.25, -0.2) is 4.79 Å². The van der Waals surface area contributed by atoms with Gasteiger partial charge in [-0.2, -0.15) is 0 Å². The maximum atomic E-state index is 11.5. The number of phenolic OH excluding ortho intramolecular Hbond substituents is 1. The fraction of sp³-hybridized carbons (Fsp3) is 0.588. The van der Waals surface area contributed by atoms with E-state index in [-0.39, 0.29) is 18.7 Å². The summed E-state index contributed by atoms with van der Waals surface area (Å²) in [4.78, 5) is 11.5. The van der Waals surface area contributed by atoms with E-state index in [1.807, 2.05) is 0 Å². The zero-order valence-electron chi connectivity index (χ0n) is 14.4. The Morgan fingerprint density at radius 2 is 1.74 bits per heavy atom. The lowest BCUT2D eigenvalue weighted by atomic mass is 9.93. The van der Waals surface area contributed by atoms with Crippen molar-refractivity contribution in [3.8, 4) is 5.75 Å². The Morgan fingerprint density at radius 1 is 1.22 bits per heavy atom. The van der Waals surface area contributed by atoms with Gasteiger partial charge in [-0.15, -0.1) is 0 Å². The van der Waals surface area contributed by atoms with Gasteiger partial charge in [0.05, 0.1) is 6.10 Å². The predicted octanol–water partition coefficient (Wildman–Crippen LogP) is 2.32. The number of alkyl carbamates (subject to hydrolysis) is 1.